The summed E-state index contributed by atoms with van der Waals surface area (Å²) in [5, 5.41) is 0. The molecule has 0 aromatic heterocycles. The first-order chi connectivity index (χ1) is 4.85. The number of hydrogen-bond donors (Lipinski definition) is 1. The van der Waals surface area contributed by atoms with Crippen molar-refractivity contribution in [2.24, 2.45) is 5.73 Å². The molecule has 0 atom stereocenters. The number of hydrogen-bond acceptors (Lipinski definition) is 2. The summed E-state index contributed by atoms with van der Waals surface area (Å²) in [4.78, 5) is 0. The van der Waals surface area contributed by atoms with E-state index in [-0.39, 0.29) is 0 Å². The Kier molecular flexibility index (Phi) is 6.98. The van der Waals surface area contributed by atoms with Crippen molar-refractivity contribution in [1.82, 2.24) is 0 Å². The van der Waals surface area contributed by atoms with Gasteiger partial charge < -0.3 is 10.5 Å². The second-order valence-corrected chi connectivity index (χ2v) is 2.45. The summed E-state index contributed by atoms with van der Waals surface area (Å²) in [6.45, 7) is 5.86. The Hall–Kier alpha value is -0.0800. The molecule has 0 spiro atoms. The Morgan fingerprint density at radius 2 is 1.90 bits per heavy atom. The molecule has 10 heavy (non-hydrogen) atoms. The van der Waals surface area contributed by atoms with Crippen LogP contribution in [0.5, 0.6) is 0 Å². The lowest BCUT2D eigenvalue weighted by Gasteiger charge is -2.12. The van der Waals surface area contributed by atoms with Crippen LogP contribution in [0.4, 0.5) is 0 Å². The van der Waals surface area contributed by atoms with Gasteiger partial charge in [0.25, 0.3) is 0 Å². The fraction of sp³-hybridized carbons (Fsp3) is 1.00. The quantitative estimate of drug-likeness (QED) is 0.575. The van der Waals surface area contributed by atoms with Gasteiger partial charge in [-0.1, -0.05) is 13.8 Å². The zero-order valence-corrected chi connectivity index (χ0v) is 7.10. The number of nitrogens with two attached hydrogens (primary N) is 1. The average molecular weight is 145 g/mol. The van der Waals surface area contributed by atoms with Crippen molar-refractivity contribution in [3.8, 4) is 0 Å². The second kappa shape index (κ2) is 7.03. The van der Waals surface area contributed by atoms with Crippen LogP contribution in [0.25, 0.3) is 0 Å². The summed E-state index contributed by atoms with van der Waals surface area (Å²) >= 11 is 0. The molecule has 0 aromatic rings. The highest BCUT2D eigenvalue weighted by Gasteiger charge is 2.00. The third kappa shape index (κ3) is 4.77. The molecule has 0 saturated carbocycles. The third-order valence-electron chi connectivity index (χ3n) is 1.61. The Bertz CT molecular complexity index is 62.3. The molecule has 0 saturated heterocycles. The van der Waals surface area contributed by atoms with Crippen LogP contribution >= 0.6 is 0 Å². The maximum Gasteiger partial charge on any atom is 0.0569 e. The van der Waals surface area contributed by atoms with Crippen LogP contribution < -0.4 is 5.73 Å². The molecule has 0 bridgehead atoms. The van der Waals surface area contributed by atoms with Crippen LogP contribution in [0.15, 0.2) is 0 Å². The summed E-state index contributed by atoms with van der Waals surface area (Å²) in [6.07, 6.45) is 3.66. The van der Waals surface area contributed by atoms with Gasteiger partial charge in [0, 0.05) is 6.61 Å². The first-order valence-electron chi connectivity index (χ1n) is 4.16. The lowest BCUT2D eigenvalue weighted by molar-refractivity contribution is 0.0477. The summed E-state index contributed by atoms with van der Waals surface area (Å²) in [7, 11) is 0. The van der Waals surface area contributed by atoms with E-state index in [0.717, 1.165) is 32.4 Å². The van der Waals surface area contributed by atoms with E-state index in [1.54, 1.807) is 0 Å². The van der Waals surface area contributed by atoms with E-state index in [4.69, 9.17) is 10.5 Å². The fourth-order valence-electron chi connectivity index (χ4n) is 0.858. The Morgan fingerprint density at radius 3 is 2.30 bits per heavy atom. The van der Waals surface area contributed by atoms with Gasteiger partial charge in [0.15, 0.2) is 0 Å². The SMILES string of the molecule is CCC(CC)OCCCN. The van der Waals surface area contributed by atoms with E-state index in [1.165, 1.54) is 0 Å². The summed E-state index contributed by atoms with van der Waals surface area (Å²) in [5.74, 6) is 0. The molecule has 2 nitrogen and oxygen atoms in total. The smallest absolute Gasteiger partial charge is 0.0569 e. The van der Waals surface area contributed by atoms with E-state index in [2.05, 4.69) is 13.8 Å². The molecule has 0 aliphatic rings. The first-order valence-corrected chi connectivity index (χ1v) is 4.16. The van der Waals surface area contributed by atoms with Crippen LogP contribution in [0.2, 0.25) is 0 Å². The molecule has 0 fully saturated rings. The Balaban J connectivity index is 3.09. The van der Waals surface area contributed by atoms with Gasteiger partial charge in [0.1, 0.15) is 0 Å². The zero-order valence-electron chi connectivity index (χ0n) is 7.10. The maximum absolute atomic E-state index is 5.50. The molecule has 2 N–H and O–H groups in total. The lowest BCUT2D eigenvalue weighted by Crippen LogP contribution is -2.13. The summed E-state index contributed by atoms with van der Waals surface area (Å²) in [6, 6.07) is 0. The van der Waals surface area contributed by atoms with E-state index >= 15 is 0 Å². The van der Waals surface area contributed by atoms with Crippen LogP contribution in [-0.4, -0.2) is 19.3 Å². The van der Waals surface area contributed by atoms with Gasteiger partial charge in [-0.2, -0.15) is 0 Å². The fourth-order valence-corrected chi connectivity index (χ4v) is 0.858. The highest BCUT2D eigenvalue weighted by molar-refractivity contribution is 4.50. The second-order valence-electron chi connectivity index (χ2n) is 2.45. The molecular weight excluding hydrogens is 126 g/mol. The molecule has 62 valence electrons. The van der Waals surface area contributed by atoms with Crippen molar-refractivity contribution in [2.75, 3.05) is 13.2 Å². The van der Waals surface area contributed by atoms with Gasteiger partial charge in [-0.25, -0.2) is 0 Å². The Morgan fingerprint density at radius 1 is 1.30 bits per heavy atom. The van der Waals surface area contributed by atoms with Gasteiger partial charge in [0.05, 0.1) is 6.10 Å². The normalized spacial score (nSPS) is 10.8. The number of rotatable bonds is 6. The van der Waals surface area contributed by atoms with Gasteiger partial charge in [-0.3, -0.25) is 0 Å². The molecule has 0 rings (SSSR count). The molecule has 0 aliphatic heterocycles. The molecule has 0 heterocycles. The van der Waals surface area contributed by atoms with Crippen molar-refractivity contribution in [3.63, 3.8) is 0 Å². The minimum absolute atomic E-state index is 0.451. The van der Waals surface area contributed by atoms with Crippen molar-refractivity contribution < 1.29 is 4.74 Å². The average Bonchev–Trinajstić information content (AvgIpc) is 1.99. The first kappa shape index (κ1) is 9.92. The van der Waals surface area contributed by atoms with Crippen molar-refractivity contribution in [1.29, 1.82) is 0 Å². The van der Waals surface area contributed by atoms with Crippen LogP contribution in [0.3, 0.4) is 0 Å². The molecule has 2 heteroatoms. The van der Waals surface area contributed by atoms with Crippen LogP contribution in [0, 0.1) is 0 Å². The van der Waals surface area contributed by atoms with E-state index < -0.39 is 0 Å². The maximum atomic E-state index is 5.50. The summed E-state index contributed by atoms with van der Waals surface area (Å²) < 4.78 is 5.50. The molecule has 0 aromatic carbocycles. The Labute approximate surface area is 63.7 Å². The predicted molar refractivity (Wildman–Crippen MR) is 44.0 cm³/mol. The van der Waals surface area contributed by atoms with Crippen LogP contribution in [-0.2, 0) is 4.74 Å². The highest BCUT2D eigenvalue weighted by atomic mass is 16.5. The van der Waals surface area contributed by atoms with Crippen molar-refractivity contribution >= 4 is 0 Å². The molecule has 0 unspecified atom stereocenters. The van der Waals surface area contributed by atoms with Crippen molar-refractivity contribution in [3.05, 3.63) is 0 Å². The van der Waals surface area contributed by atoms with Gasteiger partial charge in [0.2, 0.25) is 0 Å². The van der Waals surface area contributed by atoms with Gasteiger partial charge in [-0.15, -0.1) is 0 Å². The topological polar surface area (TPSA) is 35.2 Å². The molecular formula is C8H19NO. The van der Waals surface area contributed by atoms with E-state index in [1.807, 2.05) is 0 Å². The molecule has 0 aliphatic carbocycles. The third-order valence-corrected chi connectivity index (χ3v) is 1.61. The van der Waals surface area contributed by atoms with Gasteiger partial charge in [-0.05, 0) is 25.8 Å². The van der Waals surface area contributed by atoms with E-state index in [9.17, 15) is 0 Å². The molecule has 0 radical (unpaired) electrons. The lowest BCUT2D eigenvalue weighted by atomic mass is 10.2. The van der Waals surface area contributed by atoms with Crippen molar-refractivity contribution in [2.45, 2.75) is 39.2 Å². The predicted octanol–water partition coefficient (Wildman–Crippen LogP) is 1.54. The monoisotopic (exact) mass is 145 g/mol. The standard InChI is InChI=1S/C8H19NO/c1-3-8(4-2)10-7-5-6-9/h8H,3-7,9H2,1-2H3. The minimum atomic E-state index is 0.451. The molecule has 0 amide bonds. The summed E-state index contributed by atoms with van der Waals surface area (Å²) in [5.41, 5.74) is 5.32. The highest BCUT2D eigenvalue weighted by Crippen LogP contribution is 2.02. The number of ether oxygens (including phenoxy) is 1. The largest absolute Gasteiger partial charge is 0.378 e. The van der Waals surface area contributed by atoms with E-state index in [0.29, 0.717) is 6.10 Å². The van der Waals surface area contributed by atoms with Crippen LogP contribution in [0.1, 0.15) is 33.1 Å². The van der Waals surface area contributed by atoms with Gasteiger partial charge >= 0.3 is 0 Å². The minimum Gasteiger partial charge on any atom is -0.378 e. The zero-order chi connectivity index (χ0) is 7.82.